The zero-order chi connectivity index (χ0) is 18.4. The Kier molecular flexibility index (Phi) is 6.39. The molecule has 1 saturated heterocycles. The van der Waals surface area contributed by atoms with Crippen molar-refractivity contribution in [2.45, 2.75) is 45.7 Å². The highest BCUT2D eigenvalue weighted by atomic mass is 19.1. The van der Waals surface area contributed by atoms with E-state index in [1.165, 1.54) is 12.1 Å². The van der Waals surface area contributed by atoms with Crippen molar-refractivity contribution in [2.75, 3.05) is 13.1 Å². The second-order valence-corrected chi connectivity index (χ2v) is 7.20. The summed E-state index contributed by atoms with van der Waals surface area (Å²) in [5.41, 5.74) is 3.12. The fourth-order valence-corrected chi connectivity index (χ4v) is 3.44. The number of aromatic amines is 1. The molecule has 1 aromatic heterocycles. The Morgan fingerprint density at radius 1 is 1.31 bits per heavy atom. The van der Waals surface area contributed by atoms with E-state index in [0.29, 0.717) is 18.9 Å². The van der Waals surface area contributed by atoms with E-state index in [9.17, 15) is 9.18 Å². The number of amides is 1. The summed E-state index contributed by atoms with van der Waals surface area (Å²) < 4.78 is 12.9. The molecule has 0 aliphatic carbocycles. The molecule has 26 heavy (non-hydrogen) atoms. The zero-order valence-electron chi connectivity index (χ0n) is 15.3. The SMILES string of the molecule is Cc1cc(CN2CCC(CCC(=O)NCc3ccc(F)cc3)CC2)n[nH]1. The van der Waals surface area contributed by atoms with Gasteiger partial charge in [0.25, 0.3) is 0 Å². The number of carbonyl (C=O) groups excluding carboxylic acids is 1. The molecule has 2 aromatic rings. The minimum Gasteiger partial charge on any atom is -0.352 e. The third kappa shape index (κ3) is 5.66. The number of likely N-dealkylation sites (tertiary alicyclic amines) is 1. The number of nitrogens with one attached hydrogen (secondary N) is 2. The van der Waals surface area contributed by atoms with Gasteiger partial charge in [0.1, 0.15) is 5.82 Å². The summed E-state index contributed by atoms with van der Waals surface area (Å²) >= 11 is 0. The molecule has 3 rings (SSSR count). The lowest BCUT2D eigenvalue weighted by Gasteiger charge is -2.31. The first kappa shape index (κ1) is 18.6. The van der Waals surface area contributed by atoms with Crippen LogP contribution in [0.5, 0.6) is 0 Å². The van der Waals surface area contributed by atoms with Gasteiger partial charge >= 0.3 is 0 Å². The molecular weight excluding hydrogens is 331 g/mol. The highest BCUT2D eigenvalue weighted by molar-refractivity contribution is 5.75. The van der Waals surface area contributed by atoms with Gasteiger partial charge in [-0.25, -0.2) is 4.39 Å². The molecular formula is C20H27FN4O. The minimum atomic E-state index is -0.256. The molecule has 0 saturated carbocycles. The van der Waals surface area contributed by atoms with Gasteiger partial charge in [0.05, 0.1) is 5.69 Å². The van der Waals surface area contributed by atoms with Crippen LogP contribution < -0.4 is 5.32 Å². The second kappa shape index (κ2) is 8.94. The van der Waals surface area contributed by atoms with Crippen LogP contribution in [0.4, 0.5) is 4.39 Å². The average Bonchev–Trinajstić information content (AvgIpc) is 3.05. The topological polar surface area (TPSA) is 61.0 Å². The quantitative estimate of drug-likeness (QED) is 0.799. The van der Waals surface area contributed by atoms with Crippen LogP contribution in [-0.2, 0) is 17.9 Å². The predicted molar refractivity (Wildman–Crippen MR) is 98.8 cm³/mol. The minimum absolute atomic E-state index is 0.0729. The molecule has 0 radical (unpaired) electrons. The summed E-state index contributed by atoms with van der Waals surface area (Å²) in [7, 11) is 0. The highest BCUT2D eigenvalue weighted by Crippen LogP contribution is 2.23. The van der Waals surface area contributed by atoms with Crippen LogP contribution in [0, 0.1) is 18.7 Å². The van der Waals surface area contributed by atoms with E-state index >= 15 is 0 Å². The van der Waals surface area contributed by atoms with Crippen molar-refractivity contribution >= 4 is 5.91 Å². The number of carbonyl (C=O) groups is 1. The number of halogens is 1. The van der Waals surface area contributed by atoms with E-state index in [0.717, 1.165) is 55.8 Å². The van der Waals surface area contributed by atoms with E-state index in [2.05, 4.69) is 26.5 Å². The predicted octanol–water partition coefficient (Wildman–Crippen LogP) is 3.17. The molecule has 5 nitrogen and oxygen atoms in total. The maximum absolute atomic E-state index is 12.9. The summed E-state index contributed by atoms with van der Waals surface area (Å²) in [6.07, 6.45) is 3.76. The zero-order valence-corrected chi connectivity index (χ0v) is 15.3. The number of benzene rings is 1. The van der Waals surface area contributed by atoms with Crippen LogP contribution in [0.25, 0.3) is 0 Å². The van der Waals surface area contributed by atoms with Crippen LogP contribution in [0.2, 0.25) is 0 Å². The summed E-state index contributed by atoms with van der Waals surface area (Å²) in [6, 6.07) is 8.33. The Balaban J connectivity index is 1.31. The Hall–Kier alpha value is -2.21. The molecule has 0 bridgehead atoms. The maximum atomic E-state index is 12.9. The van der Waals surface area contributed by atoms with E-state index in [4.69, 9.17) is 0 Å². The van der Waals surface area contributed by atoms with Crippen LogP contribution >= 0.6 is 0 Å². The second-order valence-electron chi connectivity index (χ2n) is 7.20. The number of aromatic nitrogens is 2. The third-order valence-corrected chi connectivity index (χ3v) is 5.03. The fourth-order valence-electron chi connectivity index (χ4n) is 3.44. The first-order chi connectivity index (χ1) is 12.6. The number of aryl methyl sites for hydroxylation is 1. The molecule has 140 valence electrons. The molecule has 1 aliphatic rings. The number of hydrogen-bond acceptors (Lipinski definition) is 3. The number of hydrogen-bond donors (Lipinski definition) is 2. The smallest absolute Gasteiger partial charge is 0.220 e. The molecule has 6 heteroatoms. The summed E-state index contributed by atoms with van der Waals surface area (Å²) in [5, 5.41) is 10.2. The van der Waals surface area contributed by atoms with Gasteiger partial charge in [0.15, 0.2) is 0 Å². The Morgan fingerprint density at radius 2 is 2.04 bits per heavy atom. The van der Waals surface area contributed by atoms with Crippen molar-refractivity contribution < 1.29 is 9.18 Å². The molecule has 1 amide bonds. The van der Waals surface area contributed by atoms with Crippen LogP contribution in [0.3, 0.4) is 0 Å². The lowest BCUT2D eigenvalue weighted by molar-refractivity contribution is -0.121. The number of rotatable bonds is 7. The van der Waals surface area contributed by atoms with Crippen molar-refractivity contribution in [2.24, 2.45) is 5.92 Å². The Morgan fingerprint density at radius 3 is 2.69 bits per heavy atom. The Bertz CT molecular complexity index is 705. The molecule has 1 aromatic carbocycles. The third-order valence-electron chi connectivity index (χ3n) is 5.03. The van der Waals surface area contributed by atoms with Crippen LogP contribution in [0.1, 0.15) is 42.6 Å². The summed E-state index contributed by atoms with van der Waals surface area (Å²) in [6.45, 7) is 5.50. The van der Waals surface area contributed by atoms with Gasteiger partial charge in [0.2, 0.25) is 5.91 Å². The molecule has 2 N–H and O–H groups in total. The summed E-state index contributed by atoms with van der Waals surface area (Å²) in [5.74, 6) is 0.432. The lowest BCUT2D eigenvalue weighted by Crippen LogP contribution is -2.34. The molecule has 1 fully saturated rings. The Labute approximate surface area is 154 Å². The van der Waals surface area contributed by atoms with Crippen LogP contribution in [-0.4, -0.2) is 34.1 Å². The standard InChI is InChI=1S/C20H27FN4O/c1-15-12-19(24-23-15)14-25-10-8-16(9-11-25)4-7-20(26)22-13-17-2-5-18(21)6-3-17/h2-3,5-6,12,16H,4,7-11,13-14H2,1H3,(H,22,26)(H,23,24). The molecule has 0 atom stereocenters. The van der Waals surface area contributed by atoms with Gasteiger partial charge in [-0.05, 0) is 69.0 Å². The van der Waals surface area contributed by atoms with Crippen molar-refractivity contribution in [1.82, 2.24) is 20.4 Å². The van der Waals surface area contributed by atoms with Crippen LogP contribution in [0.15, 0.2) is 30.3 Å². The maximum Gasteiger partial charge on any atom is 0.220 e. The van der Waals surface area contributed by atoms with Gasteiger partial charge < -0.3 is 5.32 Å². The number of H-pyrrole nitrogens is 1. The highest BCUT2D eigenvalue weighted by Gasteiger charge is 2.20. The van der Waals surface area contributed by atoms with E-state index in [1.54, 1.807) is 12.1 Å². The first-order valence-electron chi connectivity index (χ1n) is 9.33. The fraction of sp³-hybridized carbons (Fsp3) is 0.500. The molecule has 0 unspecified atom stereocenters. The molecule has 0 spiro atoms. The van der Waals surface area contributed by atoms with Crippen molar-refractivity contribution in [3.05, 3.63) is 53.1 Å². The van der Waals surface area contributed by atoms with Gasteiger partial charge in [-0.3, -0.25) is 14.8 Å². The van der Waals surface area contributed by atoms with E-state index in [-0.39, 0.29) is 11.7 Å². The van der Waals surface area contributed by atoms with Crippen molar-refractivity contribution in [1.29, 1.82) is 0 Å². The van der Waals surface area contributed by atoms with Gasteiger partial charge in [-0.2, -0.15) is 5.10 Å². The monoisotopic (exact) mass is 358 g/mol. The summed E-state index contributed by atoms with van der Waals surface area (Å²) in [4.78, 5) is 14.5. The molecule has 1 aliphatic heterocycles. The van der Waals surface area contributed by atoms with E-state index < -0.39 is 0 Å². The first-order valence-corrected chi connectivity index (χ1v) is 9.33. The van der Waals surface area contributed by atoms with Crippen molar-refractivity contribution in [3.63, 3.8) is 0 Å². The molecule has 2 heterocycles. The number of nitrogens with zero attached hydrogens (tertiary/aromatic N) is 2. The van der Waals surface area contributed by atoms with Gasteiger partial charge in [-0.15, -0.1) is 0 Å². The number of piperidine rings is 1. The van der Waals surface area contributed by atoms with Gasteiger partial charge in [-0.1, -0.05) is 12.1 Å². The van der Waals surface area contributed by atoms with E-state index in [1.807, 2.05) is 6.92 Å². The van der Waals surface area contributed by atoms with Crippen molar-refractivity contribution in [3.8, 4) is 0 Å². The average molecular weight is 358 g/mol. The largest absolute Gasteiger partial charge is 0.352 e. The van der Waals surface area contributed by atoms with Gasteiger partial charge in [0, 0.05) is 25.2 Å². The lowest BCUT2D eigenvalue weighted by atomic mass is 9.92. The normalized spacial score (nSPS) is 15.9.